The van der Waals surface area contributed by atoms with Gasteiger partial charge in [-0.2, -0.15) is 0 Å². The van der Waals surface area contributed by atoms with Crippen LogP contribution in [0.5, 0.6) is 0 Å². The third kappa shape index (κ3) is 5.93. The van der Waals surface area contributed by atoms with E-state index in [1.54, 1.807) is 18.6 Å². The quantitative estimate of drug-likeness (QED) is 0.397. The number of rotatable bonds is 6. The standard InChI is InChI=1S/C16H19B.C10H9FN2/c1-2-3-14-17(15-10-6-4-7-11-15)16-12-8-5-9-13-16;1-8-6-9(11)2-3-10(8)13-5-4-12-7-13/h4-13H,2-3,14H2,1H3;2-7H,1H3. The van der Waals surface area contributed by atoms with Crippen molar-refractivity contribution in [2.45, 2.75) is 33.0 Å². The van der Waals surface area contributed by atoms with Crippen molar-refractivity contribution in [1.29, 1.82) is 0 Å². The molecule has 3 aromatic carbocycles. The van der Waals surface area contributed by atoms with E-state index in [9.17, 15) is 4.39 Å². The first-order valence-electron chi connectivity index (χ1n) is 10.5. The number of imidazole rings is 1. The Morgan fingerprint density at radius 2 is 1.53 bits per heavy atom. The molecule has 0 aliphatic heterocycles. The van der Waals surface area contributed by atoms with E-state index in [0.717, 1.165) is 11.3 Å². The Bertz CT molecular complexity index is 962. The minimum Gasteiger partial charge on any atom is -0.306 e. The van der Waals surface area contributed by atoms with Gasteiger partial charge in [-0.25, -0.2) is 9.37 Å². The Morgan fingerprint density at radius 3 is 2.03 bits per heavy atom. The number of halogens is 1. The van der Waals surface area contributed by atoms with Gasteiger partial charge in [0.2, 0.25) is 6.71 Å². The van der Waals surface area contributed by atoms with Crippen molar-refractivity contribution < 1.29 is 4.39 Å². The third-order valence-corrected chi connectivity index (χ3v) is 5.19. The number of aryl methyl sites for hydroxylation is 1. The summed E-state index contributed by atoms with van der Waals surface area (Å²) >= 11 is 0. The number of benzene rings is 3. The maximum absolute atomic E-state index is 12.8. The number of nitrogens with zero attached hydrogens (tertiary/aromatic N) is 2. The maximum Gasteiger partial charge on any atom is 0.209 e. The monoisotopic (exact) mass is 398 g/mol. The molecule has 0 aliphatic rings. The molecule has 2 nitrogen and oxygen atoms in total. The molecule has 1 heterocycles. The molecular formula is C26H28BFN2. The average molecular weight is 398 g/mol. The van der Waals surface area contributed by atoms with Gasteiger partial charge in [-0.3, -0.25) is 0 Å². The molecule has 0 atom stereocenters. The van der Waals surface area contributed by atoms with Crippen LogP contribution in [0, 0.1) is 12.7 Å². The minimum absolute atomic E-state index is 0.207. The molecule has 4 rings (SSSR count). The highest BCUT2D eigenvalue weighted by atomic mass is 19.1. The number of hydrogen-bond donors (Lipinski definition) is 0. The molecule has 152 valence electrons. The fraction of sp³-hybridized carbons (Fsp3) is 0.192. The topological polar surface area (TPSA) is 17.8 Å². The Labute approximate surface area is 179 Å². The van der Waals surface area contributed by atoms with Gasteiger partial charge in [0.1, 0.15) is 5.82 Å². The fourth-order valence-corrected chi connectivity index (χ4v) is 3.61. The van der Waals surface area contributed by atoms with E-state index in [1.165, 1.54) is 42.2 Å². The minimum atomic E-state index is -0.207. The van der Waals surface area contributed by atoms with Gasteiger partial charge in [0.05, 0.1) is 6.33 Å². The second-order valence-corrected chi connectivity index (χ2v) is 7.42. The molecule has 0 aliphatic carbocycles. The van der Waals surface area contributed by atoms with Crippen LogP contribution in [0.3, 0.4) is 0 Å². The highest BCUT2D eigenvalue weighted by molar-refractivity contribution is 6.85. The molecule has 0 spiro atoms. The summed E-state index contributed by atoms with van der Waals surface area (Å²) in [6, 6.07) is 26.4. The zero-order valence-electron chi connectivity index (χ0n) is 17.7. The molecular weight excluding hydrogens is 370 g/mol. The lowest BCUT2D eigenvalue weighted by Gasteiger charge is -2.14. The van der Waals surface area contributed by atoms with Gasteiger partial charge >= 0.3 is 0 Å². The van der Waals surface area contributed by atoms with Gasteiger partial charge in [-0.05, 0) is 30.7 Å². The van der Waals surface area contributed by atoms with Gasteiger partial charge in [-0.1, -0.05) is 97.7 Å². The second-order valence-electron chi connectivity index (χ2n) is 7.42. The summed E-state index contributed by atoms with van der Waals surface area (Å²) in [5.74, 6) is -0.207. The van der Waals surface area contributed by atoms with Gasteiger partial charge < -0.3 is 4.57 Å². The number of hydrogen-bond acceptors (Lipinski definition) is 1. The van der Waals surface area contributed by atoms with Crippen LogP contribution in [-0.2, 0) is 0 Å². The van der Waals surface area contributed by atoms with E-state index in [0.29, 0.717) is 6.71 Å². The summed E-state index contributed by atoms with van der Waals surface area (Å²) in [6.07, 6.45) is 9.01. The van der Waals surface area contributed by atoms with Crippen molar-refractivity contribution >= 4 is 17.6 Å². The van der Waals surface area contributed by atoms with E-state index in [2.05, 4.69) is 72.6 Å². The van der Waals surface area contributed by atoms with Crippen LogP contribution in [0.4, 0.5) is 4.39 Å². The molecule has 0 fully saturated rings. The van der Waals surface area contributed by atoms with E-state index in [1.807, 2.05) is 17.7 Å². The summed E-state index contributed by atoms with van der Waals surface area (Å²) in [5, 5.41) is 0. The molecule has 0 saturated carbocycles. The molecule has 0 unspecified atom stereocenters. The van der Waals surface area contributed by atoms with Crippen LogP contribution >= 0.6 is 0 Å². The van der Waals surface area contributed by atoms with Crippen molar-refractivity contribution in [3.63, 3.8) is 0 Å². The van der Waals surface area contributed by atoms with Crippen molar-refractivity contribution in [3.8, 4) is 5.69 Å². The lowest BCUT2D eigenvalue weighted by Crippen LogP contribution is -2.41. The smallest absolute Gasteiger partial charge is 0.209 e. The first kappa shape index (κ1) is 21.6. The maximum atomic E-state index is 12.8. The van der Waals surface area contributed by atoms with Gasteiger partial charge in [0.15, 0.2) is 0 Å². The summed E-state index contributed by atoms with van der Waals surface area (Å²) < 4.78 is 14.6. The number of unbranched alkanes of at least 4 members (excludes halogenated alkanes) is 1. The second kappa shape index (κ2) is 11.2. The molecule has 1 aromatic heterocycles. The Kier molecular flexibility index (Phi) is 8.02. The lowest BCUT2D eigenvalue weighted by molar-refractivity contribution is 0.626. The average Bonchev–Trinajstić information content (AvgIpc) is 3.31. The van der Waals surface area contributed by atoms with Crippen LogP contribution < -0.4 is 10.9 Å². The summed E-state index contributed by atoms with van der Waals surface area (Å²) in [5.41, 5.74) is 4.73. The molecule has 4 aromatic rings. The largest absolute Gasteiger partial charge is 0.306 e. The van der Waals surface area contributed by atoms with Gasteiger partial charge in [0, 0.05) is 18.1 Å². The first-order valence-corrected chi connectivity index (χ1v) is 10.5. The zero-order valence-corrected chi connectivity index (χ0v) is 17.7. The SMILES string of the molecule is CCCCB(c1ccccc1)c1ccccc1.Cc1cc(F)ccc1-n1ccnc1. The first-order chi connectivity index (χ1) is 14.7. The van der Waals surface area contributed by atoms with E-state index >= 15 is 0 Å². The third-order valence-electron chi connectivity index (χ3n) is 5.19. The van der Waals surface area contributed by atoms with E-state index < -0.39 is 0 Å². The lowest BCUT2D eigenvalue weighted by atomic mass is 9.38. The summed E-state index contributed by atoms with van der Waals surface area (Å²) in [6.45, 7) is 4.68. The predicted octanol–water partition coefficient (Wildman–Crippen LogP) is 5.42. The molecule has 0 amide bonds. The molecule has 30 heavy (non-hydrogen) atoms. The van der Waals surface area contributed by atoms with Crippen molar-refractivity contribution in [2.75, 3.05) is 0 Å². The van der Waals surface area contributed by atoms with Crippen molar-refractivity contribution in [1.82, 2.24) is 9.55 Å². The van der Waals surface area contributed by atoms with Crippen LogP contribution in [-0.4, -0.2) is 16.3 Å². The normalized spacial score (nSPS) is 10.2. The van der Waals surface area contributed by atoms with E-state index in [-0.39, 0.29) is 5.82 Å². The summed E-state index contributed by atoms with van der Waals surface area (Å²) in [4.78, 5) is 3.93. The highest BCUT2D eigenvalue weighted by Crippen LogP contribution is 2.14. The molecule has 0 radical (unpaired) electrons. The van der Waals surface area contributed by atoms with Crippen LogP contribution in [0.15, 0.2) is 97.6 Å². The van der Waals surface area contributed by atoms with E-state index in [4.69, 9.17) is 0 Å². The zero-order chi connectivity index (χ0) is 21.2. The molecule has 0 saturated heterocycles. The van der Waals surface area contributed by atoms with Crippen LogP contribution in [0.2, 0.25) is 6.32 Å². The summed E-state index contributed by atoms with van der Waals surface area (Å²) in [7, 11) is 0. The Hall–Kier alpha value is -3.14. The predicted molar refractivity (Wildman–Crippen MR) is 126 cm³/mol. The highest BCUT2D eigenvalue weighted by Gasteiger charge is 2.17. The van der Waals surface area contributed by atoms with Crippen molar-refractivity contribution in [2.24, 2.45) is 0 Å². The molecule has 0 N–H and O–H groups in total. The van der Waals surface area contributed by atoms with Gasteiger partial charge in [0.25, 0.3) is 0 Å². The Balaban J connectivity index is 0.000000177. The molecule has 0 bridgehead atoms. The van der Waals surface area contributed by atoms with Gasteiger partial charge in [-0.15, -0.1) is 0 Å². The van der Waals surface area contributed by atoms with Crippen molar-refractivity contribution in [3.05, 3.63) is 109 Å². The number of aromatic nitrogens is 2. The van der Waals surface area contributed by atoms with Crippen LogP contribution in [0.1, 0.15) is 25.3 Å². The molecule has 4 heteroatoms. The Morgan fingerprint density at radius 1 is 0.900 bits per heavy atom. The fourth-order valence-electron chi connectivity index (χ4n) is 3.61. The van der Waals surface area contributed by atoms with Crippen LogP contribution in [0.25, 0.3) is 5.69 Å².